The topological polar surface area (TPSA) is 66.1 Å². The minimum Gasteiger partial charge on any atom is -0.349 e. The van der Waals surface area contributed by atoms with Gasteiger partial charge in [0.1, 0.15) is 5.82 Å². The number of fused-ring (bicyclic) bond motifs is 1. The molecule has 0 bridgehead atoms. The third kappa shape index (κ3) is 1.97. The van der Waals surface area contributed by atoms with E-state index < -0.39 is 11.3 Å². The van der Waals surface area contributed by atoms with Crippen molar-refractivity contribution in [1.29, 1.82) is 0 Å². The molecule has 1 aliphatic heterocycles. The second-order valence-corrected chi connectivity index (χ2v) is 5.79. The highest BCUT2D eigenvalue weighted by Crippen LogP contribution is 2.46. The molecule has 2 heterocycles. The van der Waals surface area contributed by atoms with Crippen LogP contribution in [0.4, 0.5) is 5.69 Å². The first-order chi connectivity index (χ1) is 11.2. The molecule has 5 heteroatoms. The second-order valence-electron chi connectivity index (χ2n) is 5.79. The van der Waals surface area contributed by atoms with Gasteiger partial charge in [0.15, 0.2) is 0 Å². The van der Waals surface area contributed by atoms with E-state index in [1.165, 1.54) is 4.90 Å². The van der Waals surface area contributed by atoms with Gasteiger partial charge in [0.2, 0.25) is 11.8 Å². The van der Waals surface area contributed by atoms with Gasteiger partial charge in [-0.25, -0.2) is 9.88 Å². The summed E-state index contributed by atoms with van der Waals surface area (Å²) in [5.41, 5.74) is -0.294. The quantitative estimate of drug-likeness (QED) is 0.885. The number of carbonyl (C=O) groups is 2. The number of hydrogen-bond acceptors (Lipinski definition) is 3. The van der Waals surface area contributed by atoms with Crippen molar-refractivity contribution in [3.8, 4) is 0 Å². The van der Waals surface area contributed by atoms with Gasteiger partial charge in [-0.3, -0.25) is 9.59 Å². The number of amides is 2. The molecule has 2 unspecified atom stereocenters. The van der Waals surface area contributed by atoms with E-state index in [-0.39, 0.29) is 11.8 Å². The first-order valence-electron chi connectivity index (χ1n) is 7.50. The zero-order valence-electron chi connectivity index (χ0n) is 12.3. The highest BCUT2D eigenvalue weighted by molar-refractivity contribution is 6.25. The predicted molar refractivity (Wildman–Crippen MR) is 85.4 cm³/mol. The number of nitrogens with zero attached hydrogens (tertiary/aromatic N) is 2. The number of allylic oxidation sites excluding steroid dienone is 2. The lowest BCUT2D eigenvalue weighted by Gasteiger charge is -2.27. The van der Waals surface area contributed by atoms with Crippen LogP contribution in [0.5, 0.6) is 0 Å². The Morgan fingerprint density at radius 2 is 2.00 bits per heavy atom. The zero-order valence-corrected chi connectivity index (χ0v) is 12.3. The van der Waals surface area contributed by atoms with Gasteiger partial charge in [-0.2, -0.15) is 0 Å². The lowest BCUT2D eigenvalue weighted by atomic mass is 9.72. The largest absolute Gasteiger partial charge is 0.349 e. The highest BCUT2D eigenvalue weighted by Gasteiger charge is 2.58. The Bertz CT molecular complexity index is 808. The molecule has 1 aliphatic carbocycles. The first kappa shape index (κ1) is 13.7. The minimum absolute atomic E-state index is 0.187. The Labute approximate surface area is 133 Å². The van der Waals surface area contributed by atoms with E-state index in [0.717, 1.165) is 0 Å². The monoisotopic (exact) mass is 305 g/mol. The van der Waals surface area contributed by atoms with E-state index in [4.69, 9.17) is 0 Å². The smallest absolute Gasteiger partial charge is 0.245 e. The Morgan fingerprint density at radius 1 is 1.17 bits per heavy atom. The summed E-state index contributed by atoms with van der Waals surface area (Å²) in [5, 5.41) is 0. The molecule has 1 saturated heterocycles. The number of imide groups is 1. The van der Waals surface area contributed by atoms with Crippen LogP contribution in [0.15, 0.2) is 67.0 Å². The van der Waals surface area contributed by atoms with Crippen LogP contribution in [-0.2, 0) is 16.0 Å². The summed E-state index contributed by atoms with van der Waals surface area (Å²) >= 11 is 0. The van der Waals surface area contributed by atoms with Gasteiger partial charge in [0.05, 0.1) is 17.0 Å². The van der Waals surface area contributed by atoms with Crippen LogP contribution in [0.3, 0.4) is 0 Å². The molecule has 0 spiro atoms. The SMILES string of the molecule is O=C1C2C=CC=CC2(Cc2ncc[nH]2)C(=O)N1c1ccccc1. The fourth-order valence-electron chi connectivity index (χ4n) is 3.37. The fourth-order valence-corrected chi connectivity index (χ4v) is 3.37. The molecular formula is C18H15N3O2. The molecule has 2 aliphatic rings. The van der Waals surface area contributed by atoms with E-state index in [1.54, 1.807) is 24.5 Å². The standard InChI is InChI=1S/C18H15N3O2/c22-16-14-8-4-5-9-18(14,12-15-19-10-11-20-15)17(23)21(16)13-6-2-1-3-7-13/h1-11,14H,12H2,(H,19,20). The normalized spacial score (nSPS) is 25.9. The van der Waals surface area contributed by atoms with Gasteiger partial charge >= 0.3 is 0 Å². The van der Waals surface area contributed by atoms with Gasteiger partial charge in [0.25, 0.3) is 0 Å². The summed E-state index contributed by atoms with van der Waals surface area (Å²) in [5.74, 6) is -0.180. The average molecular weight is 305 g/mol. The van der Waals surface area contributed by atoms with Crippen molar-refractivity contribution >= 4 is 17.5 Å². The molecule has 0 radical (unpaired) electrons. The summed E-state index contributed by atoms with van der Waals surface area (Å²) in [7, 11) is 0. The maximum atomic E-state index is 13.2. The van der Waals surface area contributed by atoms with Crippen LogP contribution >= 0.6 is 0 Å². The summed E-state index contributed by atoms with van der Waals surface area (Å²) in [6.45, 7) is 0. The molecule has 23 heavy (non-hydrogen) atoms. The number of anilines is 1. The summed E-state index contributed by atoms with van der Waals surface area (Å²) in [6, 6.07) is 9.06. The van der Waals surface area contributed by atoms with Crippen molar-refractivity contribution in [2.75, 3.05) is 4.90 Å². The van der Waals surface area contributed by atoms with Crippen LogP contribution < -0.4 is 4.90 Å². The summed E-state index contributed by atoms with van der Waals surface area (Å²) in [6.07, 6.45) is 11.1. The number of para-hydroxylation sites is 1. The Balaban J connectivity index is 1.80. The van der Waals surface area contributed by atoms with Gasteiger partial charge in [-0.1, -0.05) is 42.5 Å². The number of aromatic nitrogens is 2. The molecule has 2 atom stereocenters. The maximum absolute atomic E-state index is 13.2. The Kier molecular flexibility index (Phi) is 3.01. The number of rotatable bonds is 3. The van der Waals surface area contributed by atoms with E-state index >= 15 is 0 Å². The van der Waals surface area contributed by atoms with E-state index in [0.29, 0.717) is 17.9 Å². The number of benzene rings is 1. The number of H-pyrrole nitrogens is 1. The average Bonchev–Trinajstić information content (AvgIpc) is 3.15. The number of carbonyl (C=O) groups excluding carboxylic acids is 2. The Hall–Kier alpha value is -2.95. The van der Waals surface area contributed by atoms with Crippen LogP contribution in [0.1, 0.15) is 5.82 Å². The van der Waals surface area contributed by atoms with Gasteiger partial charge in [-0.05, 0) is 12.1 Å². The van der Waals surface area contributed by atoms with Crippen molar-refractivity contribution in [3.05, 3.63) is 72.9 Å². The van der Waals surface area contributed by atoms with Gasteiger partial charge < -0.3 is 4.98 Å². The van der Waals surface area contributed by atoms with Crippen LogP contribution in [0.25, 0.3) is 0 Å². The molecule has 114 valence electrons. The molecule has 5 nitrogen and oxygen atoms in total. The number of imidazole rings is 1. The van der Waals surface area contributed by atoms with Crippen LogP contribution in [-0.4, -0.2) is 21.8 Å². The fraction of sp³-hybridized carbons (Fsp3) is 0.167. The number of nitrogens with one attached hydrogen (secondary N) is 1. The predicted octanol–water partition coefficient (Wildman–Crippen LogP) is 2.25. The van der Waals surface area contributed by atoms with Crippen LogP contribution in [0, 0.1) is 11.3 Å². The summed E-state index contributed by atoms with van der Waals surface area (Å²) in [4.78, 5) is 34.6. The van der Waals surface area contributed by atoms with E-state index in [9.17, 15) is 9.59 Å². The third-order valence-corrected chi connectivity index (χ3v) is 4.48. The molecule has 2 amide bonds. The maximum Gasteiger partial charge on any atom is 0.245 e. The molecule has 1 aromatic carbocycles. The number of aromatic amines is 1. The molecular weight excluding hydrogens is 290 g/mol. The molecule has 2 aromatic rings. The van der Waals surface area contributed by atoms with Crippen molar-refractivity contribution in [2.24, 2.45) is 11.3 Å². The van der Waals surface area contributed by atoms with Crippen molar-refractivity contribution in [2.45, 2.75) is 6.42 Å². The number of hydrogen-bond donors (Lipinski definition) is 1. The molecule has 4 rings (SSSR count). The first-order valence-corrected chi connectivity index (χ1v) is 7.50. The molecule has 1 fully saturated rings. The van der Waals surface area contributed by atoms with Crippen molar-refractivity contribution in [1.82, 2.24) is 9.97 Å². The highest BCUT2D eigenvalue weighted by atomic mass is 16.2. The third-order valence-electron chi connectivity index (χ3n) is 4.48. The molecule has 0 saturated carbocycles. The lowest BCUT2D eigenvalue weighted by Crippen LogP contribution is -2.37. The van der Waals surface area contributed by atoms with Gasteiger partial charge in [-0.15, -0.1) is 0 Å². The lowest BCUT2D eigenvalue weighted by molar-refractivity contribution is -0.124. The minimum atomic E-state index is -0.903. The second kappa shape index (κ2) is 5.05. The zero-order chi connectivity index (χ0) is 15.9. The van der Waals surface area contributed by atoms with Gasteiger partial charge in [0, 0.05) is 18.8 Å². The molecule has 1 N–H and O–H groups in total. The Morgan fingerprint density at radius 3 is 2.74 bits per heavy atom. The van der Waals surface area contributed by atoms with Crippen LogP contribution in [0.2, 0.25) is 0 Å². The van der Waals surface area contributed by atoms with E-state index in [2.05, 4.69) is 9.97 Å². The van der Waals surface area contributed by atoms with E-state index in [1.807, 2.05) is 42.5 Å². The van der Waals surface area contributed by atoms with Crippen molar-refractivity contribution in [3.63, 3.8) is 0 Å². The summed E-state index contributed by atoms with van der Waals surface area (Å²) < 4.78 is 0. The molecule has 1 aromatic heterocycles. The van der Waals surface area contributed by atoms with Crippen molar-refractivity contribution < 1.29 is 9.59 Å².